The molecular formula is C12H10F2. The van der Waals surface area contributed by atoms with Gasteiger partial charge in [0.15, 0.2) is 0 Å². The van der Waals surface area contributed by atoms with Crippen LogP contribution in [0.25, 0.3) is 10.8 Å². The molecule has 0 saturated heterocycles. The van der Waals surface area contributed by atoms with Crippen LogP contribution in [0.2, 0.25) is 0 Å². The second-order valence-corrected chi connectivity index (χ2v) is 3.59. The van der Waals surface area contributed by atoms with Crippen molar-refractivity contribution in [3.8, 4) is 0 Å². The molecular weight excluding hydrogens is 182 g/mol. The molecule has 0 atom stereocenters. The lowest BCUT2D eigenvalue weighted by Gasteiger charge is -2.04. The van der Waals surface area contributed by atoms with Gasteiger partial charge in [-0.15, -0.1) is 0 Å². The lowest BCUT2D eigenvalue weighted by Crippen LogP contribution is -1.88. The first-order valence-electron chi connectivity index (χ1n) is 4.44. The van der Waals surface area contributed by atoms with Crippen LogP contribution in [0.5, 0.6) is 0 Å². The van der Waals surface area contributed by atoms with E-state index in [2.05, 4.69) is 0 Å². The molecule has 0 N–H and O–H groups in total. The van der Waals surface area contributed by atoms with Crippen LogP contribution in [0.4, 0.5) is 8.78 Å². The molecule has 14 heavy (non-hydrogen) atoms. The largest absolute Gasteiger partial charge is 0.206 e. The van der Waals surface area contributed by atoms with Crippen molar-refractivity contribution in [2.75, 3.05) is 0 Å². The van der Waals surface area contributed by atoms with Crippen molar-refractivity contribution in [1.82, 2.24) is 0 Å². The van der Waals surface area contributed by atoms with Gasteiger partial charge in [0.2, 0.25) is 0 Å². The summed E-state index contributed by atoms with van der Waals surface area (Å²) >= 11 is 0. The van der Waals surface area contributed by atoms with Crippen molar-refractivity contribution in [2.24, 2.45) is 0 Å². The van der Waals surface area contributed by atoms with E-state index in [4.69, 9.17) is 0 Å². The second kappa shape index (κ2) is 3.05. The van der Waals surface area contributed by atoms with Crippen molar-refractivity contribution >= 4 is 10.8 Å². The maximum absolute atomic E-state index is 13.4. The molecule has 2 rings (SSSR count). The lowest BCUT2D eigenvalue weighted by molar-refractivity contribution is 0.627. The molecule has 2 heteroatoms. The first-order valence-corrected chi connectivity index (χ1v) is 4.44. The highest BCUT2D eigenvalue weighted by Gasteiger charge is 2.06. The summed E-state index contributed by atoms with van der Waals surface area (Å²) in [6, 6.07) is 6.16. The van der Waals surface area contributed by atoms with Crippen LogP contribution in [-0.2, 0) is 0 Å². The fraction of sp³-hybridized carbons (Fsp3) is 0.167. The first-order chi connectivity index (χ1) is 6.58. The highest BCUT2D eigenvalue weighted by molar-refractivity contribution is 5.85. The molecule has 0 aliphatic carbocycles. The Kier molecular flexibility index (Phi) is 1.99. The van der Waals surface area contributed by atoms with Gasteiger partial charge in [-0.3, -0.25) is 0 Å². The summed E-state index contributed by atoms with van der Waals surface area (Å²) in [6.07, 6.45) is 0. The monoisotopic (exact) mass is 192 g/mol. The number of rotatable bonds is 0. The Hall–Kier alpha value is -1.44. The third-order valence-corrected chi connectivity index (χ3v) is 2.26. The Bertz CT molecular complexity index is 454. The molecule has 0 spiro atoms. The summed E-state index contributed by atoms with van der Waals surface area (Å²) in [7, 11) is 0. The average Bonchev–Trinajstić information content (AvgIpc) is 2.07. The van der Waals surface area contributed by atoms with E-state index in [0.717, 1.165) is 11.1 Å². The molecule has 0 unspecified atom stereocenters. The normalized spacial score (nSPS) is 10.9. The predicted octanol–water partition coefficient (Wildman–Crippen LogP) is 3.73. The molecule has 0 nitrogen and oxygen atoms in total. The maximum atomic E-state index is 13.4. The van der Waals surface area contributed by atoms with E-state index in [1.165, 1.54) is 12.1 Å². The summed E-state index contributed by atoms with van der Waals surface area (Å²) in [5, 5.41) is 0.709. The van der Waals surface area contributed by atoms with Crippen LogP contribution in [0, 0.1) is 25.5 Å². The summed E-state index contributed by atoms with van der Waals surface area (Å²) < 4.78 is 26.9. The standard InChI is InChI=1S/C12H10F2/c1-7-3-9-10(11(13)5-7)4-8(2)6-12(9)14/h3-6H,1-2H3. The molecule has 0 heterocycles. The molecule has 0 aromatic heterocycles. The maximum Gasteiger partial charge on any atom is 0.131 e. The molecule has 2 aromatic rings. The zero-order chi connectivity index (χ0) is 10.3. The quantitative estimate of drug-likeness (QED) is 0.596. The van der Waals surface area contributed by atoms with E-state index in [9.17, 15) is 8.78 Å². The number of halogens is 2. The molecule has 72 valence electrons. The van der Waals surface area contributed by atoms with E-state index in [-0.39, 0.29) is 11.6 Å². The zero-order valence-corrected chi connectivity index (χ0v) is 8.07. The molecule has 0 aliphatic heterocycles. The van der Waals surface area contributed by atoms with E-state index in [1.807, 2.05) is 0 Å². The molecule has 0 saturated carbocycles. The van der Waals surface area contributed by atoms with E-state index in [0.29, 0.717) is 10.8 Å². The van der Waals surface area contributed by atoms with Crippen molar-refractivity contribution in [3.05, 3.63) is 47.0 Å². The zero-order valence-electron chi connectivity index (χ0n) is 8.07. The van der Waals surface area contributed by atoms with Crippen LogP contribution in [-0.4, -0.2) is 0 Å². The highest BCUT2D eigenvalue weighted by atomic mass is 19.1. The molecule has 0 bridgehead atoms. The molecule has 2 aromatic carbocycles. The predicted molar refractivity (Wildman–Crippen MR) is 53.3 cm³/mol. The van der Waals surface area contributed by atoms with Gasteiger partial charge in [-0.25, -0.2) is 8.78 Å². The van der Waals surface area contributed by atoms with Gasteiger partial charge in [0.1, 0.15) is 11.6 Å². The minimum atomic E-state index is -0.359. The van der Waals surface area contributed by atoms with Crippen LogP contribution in [0.3, 0.4) is 0 Å². The van der Waals surface area contributed by atoms with Gasteiger partial charge in [-0.1, -0.05) is 0 Å². The minimum absolute atomic E-state index is 0.355. The molecule has 0 radical (unpaired) electrons. The minimum Gasteiger partial charge on any atom is -0.206 e. The summed E-state index contributed by atoms with van der Waals surface area (Å²) in [5.41, 5.74) is 1.47. The Morgan fingerprint density at radius 1 is 0.714 bits per heavy atom. The summed E-state index contributed by atoms with van der Waals surface area (Å²) in [6.45, 7) is 3.50. The Labute approximate surface area is 81.2 Å². The van der Waals surface area contributed by atoms with Crippen molar-refractivity contribution < 1.29 is 8.78 Å². The number of aryl methyl sites for hydroxylation is 2. The molecule has 0 aliphatic rings. The Balaban J connectivity index is 2.94. The Morgan fingerprint density at radius 2 is 1.07 bits per heavy atom. The number of benzene rings is 2. The van der Waals surface area contributed by atoms with Gasteiger partial charge >= 0.3 is 0 Å². The lowest BCUT2D eigenvalue weighted by atomic mass is 10.0. The van der Waals surface area contributed by atoms with Gasteiger partial charge in [-0.2, -0.15) is 0 Å². The van der Waals surface area contributed by atoms with Crippen LogP contribution in [0.1, 0.15) is 11.1 Å². The summed E-state index contributed by atoms with van der Waals surface area (Å²) in [4.78, 5) is 0. The van der Waals surface area contributed by atoms with Gasteiger partial charge < -0.3 is 0 Å². The second-order valence-electron chi connectivity index (χ2n) is 3.59. The van der Waals surface area contributed by atoms with Gasteiger partial charge in [0.25, 0.3) is 0 Å². The fourth-order valence-corrected chi connectivity index (χ4v) is 1.64. The number of hydrogen-bond donors (Lipinski definition) is 0. The molecule has 0 fully saturated rings. The van der Waals surface area contributed by atoms with E-state index < -0.39 is 0 Å². The van der Waals surface area contributed by atoms with Crippen molar-refractivity contribution in [1.29, 1.82) is 0 Å². The van der Waals surface area contributed by atoms with Gasteiger partial charge in [0.05, 0.1) is 0 Å². The topological polar surface area (TPSA) is 0 Å². The first kappa shape index (κ1) is 9.13. The average molecular weight is 192 g/mol. The van der Waals surface area contributed by atoms with Crippen LogP contribution < -0.4 is 0 Å². The van der Waals surface area contributed by atoms with E-state index >= 15 is 0 Å². The third kappa shape index (κ3) is 1.37. The van der Waals surface area contributed by atoms with Crippen LogP contribution in [0.15, 0.2) is 24.3 Å². The third-order valence-electron chi connectivity index (χ3n) is 2.26. The fourth-order valence-electron chi connectivity index (χ4n) is 1.64. The molecule has 0 amide bonds. The smallest absolute Gasteiger partial charge is 0.131 e. The van der Waals surface area contributed by atoms with Gasteiger partial charge in [-0.05, 0) is 49.2 Å². The SMILES string of the molecule is Cc1cc(F)c2cc(C)cc(F)c2c1. The van der Waals surface area contributed by atoms with Gasteiger partial charge in [0, 0.05) is 10.8 Å². The van der Waals surface area contributed by atoms with Crippen LogP contribution >= 0.6 is 0 Å². The van der Waals surface area contributed by atoms with Crippen molar-refractivity contribution in [3.63, 3.8) is 0 Å². The van der Waals surface area contributed by atoms with E-state index in [1.54, 1.807) is 26.0 Å². The summed E-state index contributed by atoms with van der Waals surface area (Å²) in [5.74, 6) is -0.717. The van der Waals surface area contributed by atoms with Crippen molar-refractivity contribution in [2.45, 2.75) is 13.8 Å². The highest BCUT2D eigenvalue weighted by Crippen LogP contribution is 2.23. The number of hydrogen-bond acceptors (Lipinski definition) is 0. The number of fused-ring (bicyclic) bond motifs is 1. The Morgan fingerprint density at radius 3 is 1.43 bits per heavy atom.